The van der Waals surface area contributed by atoms with E-state index in [-0.39, 0.29) is 13.0 Å². The lowest BCUT2D eigenvalue weighted by Gasteiger charge is -2.21. The number of carbonyl (C=O) groups excluding carboxylic acids is 1. The highest BCUT2D eigenvalue weighted by molar-refractivity contribution is 8.68. The summed E-state index contributed by atoms with van der Waals surface area (Å²) in [6, 6.07) is 0. The molecule has 0 aliphatic carbocycles. The maximum atomic E-state index is 11.5. The fourth-order valence-electron chi connectivity index (χ4n) is 0.874. The average Bonchev–Trinajstić information content (AvgIpc) is 2.27. The molecule has 0 radical (unpaired) electrons. The lowest BCUT2D eigenvalue weighted by atomic mass is 10.3. The quantitative estimate of drug-likeness (QED) is 0.535. The van der Waals surface area contributed by atoms with E-state index in [2.05, 4.69) is 0 Å². The SMILES string of the molecule is CCOC(=O)C(CC(=O)O)SP(=S)(OC)OC. The van der Waals surface area contributed by atoms with Crippen molar-refractivity contribution in [3.8, 4) is 0 Å². The Morgan fingerprint density at radius 1 is 1.41 bits per heavy atom. The lowest BCUT2D eigenvalue weighted by molar-refractivity contribution is -0.146. The number of carboxylic acids is 1. The second-order valence-corrected chi connectivity index (χ2v) is 9.37. The normalized spacial score (nSPS) is 13.1. The van der Waals surface area contributed by atoms with Crippen LogP contribution in [0.25, 0.3) is 0 Å². The minimum atomic E-state index is -2.69. The number of hydrogen-bond acceptors (Lipinski definition) is 7. The second-order valence-electron chi connectivity index (χ2n) is 2.76. The van der Waals surface area contributed by atoms with E-state index in [1.165, 1.54) is 14.2 Å². The summed E-state index contributed by atoms with van der Waals surface area (Å²) in [4.78, 5) is 22.2. The maximum Gasteiger partial charge on any atom is 0.320 e. The summed E-state index contributed by atoms with van der Waals surface area (Å²) in [6.45, 7) is 1.82. The van der Waals surface area contributed by atoms with Crippen LogP contribution in [0.15, 0.2) is 0 Å². The molecule has 100 valence electrons. The highest BCUT2D eigenvalue weighted by Gasteiger charge is 2.31. The van der Waals surface area contributed by atoms with Crippen molar-refractivity contribution in [1.29, 1.82) is 0 Å². The highest BCUT2D eigenvalue weighted by Crippen LogP contribution is 2.62. The van der Waals surface area contributed by atoms with E-state index in [1.807, 2.05) is 0 Å². The number of rotatable bonds is 8. The van der Waals surface area contributed by atoms with Gasteiger partial charge in [-0.1, -0.05) is 11.4 Å². The summed E-state index contributed by atoms with van der Waals surface area (Å²) in [5, 5.41) is 7.80. The zero-order valence-corrected chi connectivity index (χ0v) is 12.3. The molecule has 1 unspecified atom stereocenters. The van der Waals surface area contributed by atoms with E-state index in [4.69, 9.17) is 30.7 Å². The van der Waals surface area contributed by atoms with Crippen molar-refractivity contribution >= 4 is 40.8 Å². The average molecular weight is 302 g/mol. The Morgan fingerprint density at radius 2 is 1.94 bits per heavy atom. The van der Waals surface area contributed by atoms with Crippen LogP contribution >= 0.6 is 17.1 Å². The van der Waals surface area contributed by atoms with Gasteiger partial charge in [-0.05, 0) is 18.7 Å². The first-order chi connectivity index (χ1) is 7.88. The van der Waals surface area contributed by atoms with Crippen LogP contribution in [0.3, 0.4) is 0 Å². The zero-order valence-electron chi connectivity index (χ0n) is 9.74. The standard InChI is InChI=1S/C8H15O6PS2/c1-4-14-8(11)6(5-7(9)10)17-15(16,12-2)13-3/h6H,4-5H2,1-3H3,(H,9,10). The van der Waals surface area contributed by atoms with E-state index in [9.17, 15) is 9.59 Å². The molecule has 0 saturated carbocycles. The molecule has 0 amide bonds. The van der Waals surface area contributed by atoms with E-state index < -0.39 is 22.9 Å². The third kappa shape index (κ3) is 6.38. The molecule has 6 nitrogen and oxygen atoms in total. The van der Waals surface area contributed by atoms with Crippen LogP contribution < -0.4 is 0 Å². The molecule has 17 heavy (non-hydrogen) atoms. The summed E-state index contributed by atoms with van der Waals surface area (Å²) in [5.41, 5.74) is -2.69. The van der Waals surface area contributed by atoms with Gasteiger partial charge in [-0.2, -0.15) is 0 Å². The predicted octanol–water partition coefficient (Wildman–Crippen LogP) is 1.64. The van der Waals surface area contributed by atoms with Crippen molar-refractivity contribution in [2.75, 3.05) is 20.8 Å². The van der Waals surface area contributed by atoms with Crippen LogP contribution in [0.4, 0.5) is 0 Å². The number of hydrogen-bond donors (Lipinski definition) is 1. The van der Waals surface area contributed by atoms with Gasteiger partial charge in [0.2, 0.25) is 5.69 Å². The molecule has 0 fully saturated rings. The Hall–Kier alpha value is -0.140. The monoisotopic (exact) mass is 302 g/mol. The Morgan fingerprint density at radius 3 is 2.29 bits per heavy atom. The van der Waals surface area contributed by atoms with Gasteiger partial charge in [0.25, 0.3) is 0 Å². The van der Waals surface area contributed by atoms with Crippen LogP contribution in [0.2, 0.25) is 0 Å². The van der Waals surface area contributed by atoms with Crippen molar-refractivity contribution in [3.05, 3.63) is 0 Å². The molecule has 0 aromatic heterocycles. The Kier molecular flexibility index (Phi) is 7.98. The van der Waals surface area contributed by atoms with Crippen LogP contribution in [-0.2, 0) is 35.2 Å². The minimum absolute atomic E-state index is 0.179. The minimum Gasteiger partial charge on any atom is -0.481 e. The predicted molar refractivity (Wildman–Crippen MR) is 68.6 cm³/mol. The molecule has 0 saturated heterocycles. The molecule has 0 aliphatic heterocycles. The topological polar surface area (TPSA) is 82.1 Å². The summed E-state index contributed by atoms with van der Waals surface area (Å²) in [7, 11) is 2.72. The second kappa shape index (κ2) is 8.05. The summed E-state index contributed by atoms with van der Waals surface area (Å²) >= 11 is 5.96. The van der Waals surface area contributed by atoms with Crippen molar-refractivity contribution < 1.29 is 28.5 Å². The summed E-state index contributed by atoms with van der Waals surface area (Å²) in [5.74, 6) is -1.73. The van der Waals surface area contributed by atoms with Gasteiger partial charge < -0.3 is 18.9 Å². The summed E-state index contributed by atoms with van der Waals surface area (Å²) in [6.07, 6.45) is -0.380. The van der Waals surface area contributed by atoms with Crippen molar-refractivity contribution in [1.82, 2.24) is 0 Å². The number of esters is 1. The molecule has 9 heteroatoms. The molecule has 0 bridgehead atoms. The van der Waals surface area contributed by atoms with Gasteiger partial charge in [-0.25, -0.2) is 0 Å². The van der Waals surface area contributed by atoms with Gasteiger partial charge in [-0.15, -0.1) is 0 Å². The van der Waals surface area contributed by atoms with Gasteiger partial charge in [-0.3, -0.25) is 9.59 Å². The molecule has 0 rings (SSSR count). The van der Waals surface area contributed by atoms with Crippen molar-refractivity contribution in [3.63, 3.8) is 0 Å². The van der Waals surface area contributed by atoms with Gasteiger partial charge >= 0.3 is 11.9 Å². The first-order valence-corrected chi connectivity index (χ1v) is 8.79. The molecule has 1 atom stereocenters. The zero-order chi connectivity index (χ0) is 13.5. The summed E-state index contributed by atoms with van der Waals surface area (Å²) < 4.78 is 14.8. The highest BCUT2D eigenvalue weighted by atomic mass is 32.9. The molecule has 0 aliphatic rings. The van der Waals surface area contributed by atoms with Gasteiger partial charge in [0.1, 0.15) is 5.25 Å². The first-order valence-electron chi connectivity index (χ1n) is 4.66. The van der Waals surface area contributed by atoms with Crippen molar-refractivity contribution in [2.24, 2.45) is 0 Å². The number of carbonyl (C=O) groups is 2. The largest absolute Gasteiger partial charge is 0.481 e. The van der Waals surface area contributed by atoms with Gasteiger partial charge in [0.05, 0.1) is 13.0 Å². The van der Waals surface area contributed by atoms with E-state index in [1.54, 1.807) is 6.92 Å². The van der Waals surface area contributed by atoms with E-state index in [0.717, 1.165) is 11.4 Å². The first kappa shape index (κ1) is 16.9. The number of carboxylic acid groups (broad SMARTS) is 1. The fourth-order valence-corrected chi connectivity index (χ4v) is 4.75. The lowest BCUT2D eigenvalue weighted by Crippen LogP contribution is -2.23. The van der Waals surface area contributed by atoms with Crippen LogP contribution in [-0.4, -0.2) is 43.1 Å². The molecular formula is C8H15O6PS2. The van der Waals surface area contributed by atoms with Crippen LogP contribution in [0.5, 0.6) is 0 Å². The van der Waals surface area contributed by atoms with Gasteiger partial charge in [0.15, 0.2) is 0 Å². The van der Waals surface area contributed by atoms with Gasteiger partial charge in [0, 0.05) is 14.2 Å². The number of ether oxygens (including phenoxy) is 1. The number of aliphatic carboxylic acids is 1. The molecule has 0 heterocycles. The fraction of sp³-hybridized carbons (Fsp3) is 0.750. The third-order valence-corrected chi connectivity index (χ3v) is 7.48. The van der Waals surface area contributed by atoms with Crippen LogP contribution in [0, 0.1) is 0 Å². The Balaban J connectivity index is 4.75. The molecular weight excluding hydrogens is 287 g/mol. The van der Waals surface area contributed by atoms with Crippen molar-refractivity contribution in [2.45, 2.75) is 18.6 Å². The maximum absolute atomic E-state index is 11.5. The van der Waals surface area contributed by atoms with E-state index >= 15 is 0 Å². The van der Waals surface area contributed by atoms with E-state index in [0.29, 0.717) is 0 Å². The molecule has 1 N–H and O–H groups in total. The Labute approximate surface area is 109 Å². The molecule has 0 aromatic rings. The smallest absolute Gasteiger partial charge is 0.320 e. The van der Waals surface area contributed by atoms with Crippen LogP contribution in [0.1, 0.15) is 13.3 Å². The molecule has 0 spiro atoms. The molecule has 0 aromatic carbocycles. The third-order valence-electron chi connectivity index (χ3n) is 1.61. The Bertz CT molecular complexity index is 313.